The summed E-state index contributed by atoms with van der Waals surface area (Å²) in [7, 11) is 0. The number of benzene rings is 1. The molecule has 29 heavy (non-hydrogen) atoms. The summed E-state index contributed by atoms with van der Waals surface area (Å²) in [4.78, 5) is 32.1. The van der Waals surface area contributed by atoms with E-state index in [0.717, 1.165) is 47.7 Å². The lowest BCUT2D eigenvalue weighted by Gasteiger charge is -2.29. The molecule has 0 atom stereocenters. The van der Waals surface area contributed by atoms with Crippen LogP contribution in [0.1, 0.15) is 47.3 Å². The fourth-order valence-corrected chi connectivity index (χ4v) is 4.04. The van der Waals surface area contributed by atoms with Crippen LogP contribution in [0.5, 0.6) is 0 Å². The van der Waals surface area contributed by atoms with Gasteiger partial charge in [0.2, 0.25) is 5.91 Å². The second-order valence-corrected chi connectivity index (χ2v) is 7.85. The number of pyridine rings is 1. The molecule has 150 valence electrons. The highest BCUT2D eigenvalue weighted by Gasteiger charge is 2.24. The molecule has 0 bridgehead atoms. The monoisotopic (exact) mass is 390 g/mol. The number of para-hydroxylation sites is 1. The Hall–Kier alpha value is -3.15. The van der Waals surface area contributed by atoms with Crippen LogP contribution in [0.15, 0.2) is 48.8 Å². The molecule has 4 rings (SSSR count). The maximum absolute atomic E-state index is 12.6. The van der Waals surface area contributed by atoms with Gasteiger partial charge < -0.3 is 15.6 Å². The highest BCUT2D eigenvalue weighted by atomic mass is 16.2. The molecule has 1 aliphatic rings. The number of nitrogens with one attached hydrogen (secondary N) is 3. The minimum absolute atomic E-state index is 0.0268. The number of rotatable bonds is 5. The SMILES string of the molecule is Cc1cccc2cc(C(=O)NC3CCC(NC(=O)Cc4cccnc4)CC3)[nH]c12. The van der Waals surface area contributed by atoms with Gasteiger partial charge in [-0.1, -0.05) is 24.3 Å². The van der Waals surface area contributed by atoms with E-state index in [1.807, 2.05) is 43.3 Å². The number of amides is 2. The Labute approximate surface area is 170 Å². The quantitative estimate of drug-likeness (QED) is 0.625. The van der Waals surface area contributed by atoms with Crippen LogP contribution in [0.2, 0.25) is 0 Å². The zero-order valence-corrected chi connectivity index (χ0v) is 16.6. The molecule has 3 aromatic rings. The van der Waals surface area contributed by atoms with E-state index < -0.39 is 0 Å². The van der Waals surface area contributed by atoms with Crippen molar-refractivity contribution in [1.82, 2.24) is 20.6 Å². The summed E-state index contributed by atoms with van der Waals surface area (Å²) >= 11 is 0. The Morgan fingerprint density at radius 1 is 1.07 bits per heavy atom. The second-order valence-electron chi connectivity index (χ2n) is 7.85. The van der Waals surface area contributed by atoms with Crippen molar-refractivity contribution >= 4 is 22.7 Å². The van der Waals surface area contributed by atoms with Crippen molar-refractivity contribution < 1.29 is 9.59 Å². The van der Waals surface area contributed by atoms with Crippen molar-refractivity contribution in [1.29, 1.82) is 0 Å². The third-order valence-corrected chi connectivity index (χ3v) is 5.62. The van der Waals surface area contributed by atoms with E-state index in [4.69, 9.17) is 0 Å². The normalized spacial score (nSPS) is 19.1. The largest absolute Gasteiger partial charge is 0.353 e. The van der Waals surface area contributed by atoms with E-state index in [1.165, 1.54) is 0 Å². The van der Waals surface area contributed by atoms with Crippen LogP contribution >= 0.6 is 0 Å². The average molecular weight is 390 g/mol. The lowest BCUT2D eigenvalue weighted by Crippen LogP contribution is -2.44. The summed E-state index contributed by atoms with van der Waals surface area (Å²) in [6, 6.07) is 12.0. The Morgan fingerprint density at radius 3 is 2.52 bits per heavy atom. The standard InChI is InChI=1S/C23H26N4O2/c1-15-4-2-6-17-13-20(27-22(15)17)23(29)26-19-9-7-18(8-10-19)25-21(28)12-16-5-3-11-24-14-16/h2-6,11,13-14,18-19,27H,7-10,12H2,1H3,(H,25,28)(H,26,29). The summed E-state index contributed by atoms with van der Waals surface area (Å²) in [5.74, 6) is -0.0383. The predicted molar refractivity (Wildman–Crippen MR) is 113 cm³/mol. The average Bonchev–Trinajstić information content (AvgIpc) is 3.16. The van der Waals surface area contributed by atoms with Crippen molar-refractivity contribution in [3.63, 3.8) is 0 Å². The molecule has 0 aliphatic heterocycles. The van der Waals surface area contributed by atoms with Crippen molar-refractivity contribution in [3.05, 3.63) is 65.6 Å². The fraction of sp³-hybridized carbons (Fsp3) is 0.348. The van der Waals surface area contributed by atoms with Gasteiger partial charge >= 0.3 is 0 Å². The van der Waals surface area contributed by atoms with Gasteiger partial charge in [0.1, 0.15) is 5.69 Å². The van der Waals surface area contributed by atoms with Crippen molar-refractivity contribution in [2.45, 2.75) is 51.1 Å². The van der Waals surface area contributed by atoms with Gasteiger partial charge in [-0.3, -0.25) is 14.6 Å². The smallest absolute Gasteiger partial charge is 0.267 e. The third-order valence-electron chi connectivity index (χ3n) is 5.62. The van der Waals surface area contributed by atoms with E-state index in [-0.39, 0.29) is 23.9 Å². The first kappa shape index (κ1) is 19.2. The van der Waals surface area contributed by atoms with Crippen LogP contribution in [-0.2, 0) is 11.2 Å². The topological polar surface area (TPSA) is 86.9 Å². The second kappa shape index (κ2) is 8.47. The molecule has 1 saturated carbocycles. The molecule has 1 aliphatic carbocycles. The predicted octanol–water partition coefficient (Wildman–Crippen LogP) is 3.27. The molecule has 1 fully saturated rings. The number of H-pyrrole nitrogens is 1. The van der Waals surface area contributed by atoms with E-state index in [0.29, 0.717) is 12.1 Å². The molecule has 0 radical (unpaired) electrons. The Kier molecular flexibility index (Phi) is 5.60. The van der Waals surface area contributed by atoms with Gasteiger partial charge in [0.25, 0.3) is 5.91 Å². The Bertz CT molecular complexity index is 1000. The lowest BCUT2D eigenvalue weighted by molar-refractivity contribution is -0.121. The van der Waals surface area contributed by atoms with E-state index in [9.17, 15) is 9.59 Å². The van der Waals surface area contributed by atoms with Gasteiger partial charge in [0, 0.05) is 35.4 Å². The summed E-state index contributed by atoms with van der Waals surface area (Å²) in [6.07, 6.45) is 7.24. The molecule has 0 saturated heterocycles. The zero-order chi connectivity index (χ0) is 20.2. The summed E-state index contributed by atoms with van der Waals surface area (Å²) < 4.78 is 0. The first-order valence-corrected chi connectivity index (χ1v) is 10.2. The molecule has 2 amide bonds. The number of carbonyl (C=O) groups is 2. The number of aromatic nitrogens is 2. The first-order valence-electron chi connectivity index (χ1n) is 10.2. The lowest BCUT2D eigenvalue weighted by atomic mass is 9.91. The Morgan fingerprint density at radius 2 is 1.83 bits per heavy atom. The maximum atomic E-state index is 12.6. The number of aromatic amines is 1. The molecular weight excluding hydrogens is 364 g/mol. The zero-order valence-electron chi connectivity index (χ0n) is 16.6. The van der Waals surface area contributed by atoms with E-state index in [2.05, 4.69) is 20.6 Å². The van der Waals surface area contributed by atoms with Crippen LogP contribution < -0.4 is 10.6 Å². The van der Waals surface area contributed by atoms with E-state index >= 15 is 0 Å². The minimum Gasteiger partial charge on any atom is -0.353 e. The molecule has 2 heterocycles. The number of nitrogens with zero attached hydrogens (tertiary/aromatic N) is 1. The molecule has 2 aromatic heterocycles. The van der Waals surface area contributed by atoms with Gasteiger partial charge in [-0.25, -0.2) is 0 Å². The summed E-state index contributed by atoms with van der Waals surface area (Å²) in [5, 5.41) is 7.30. The number of aryl methyl sites for hydroxylation is 1. The number of fused-ring (bicyclic) bond motifs is 1. The molecule has 6 heteroatoms. The maximum Gasteiger partial charge on any atom is 0.267 e. The highest BCUT2D eigenvalue weighted by molar-refractivity contribution is 5.98. The number of carbonyl (C=O) groups excluding carboxylic acids is 2. The Balaban J connectivity index is 1.26. The number of hydrogen-bond donors (Lipinski definition) is 3. The molecular formula is C23H26N4O2. The van der Waals surface area contributed by atoms with Crippen LogP contribution in [0.3, 0.4) is 0 Å². The van der Waals surface area contributed by atoms with Crippen LogP contribution in [-0.4, -0.2) is 33.9 Å². The van der Waals surface area contributed by atoms with Crippen LogP contribution in [0.4, 0.5) is 0 Å². The summed E-state index contributed by atoms with van der Waals surface area (Å²) in [5.41, 5.74) is 3.66. The van der Waals surface area contributed by atoms with Gasteiger partial charge in [-0.2, -0.15) is 0 Å². The minimum atomic E-state index is -0.0651. The van der Waals surface area contributed by atoms with Gasteiger partial charge in [0.15, 0.2) is 0 Å². The van der Waals surface area contributed by atoms with E-state index in [1.54, 1.807) is 12.4 Å². The van der Waals surface area contributed by atoms with Crippen LogP contribution in [0.25, 0.3) is 10.9 Å². The van der Waals surface area contributed by atoms with Gasteiger partial charge in [-0.15, -0.1) is 0 Å². The molecule has 3 N–H and O–H groups in total. The number of hydrogen-bond acceptors (Lipinski definition) is 3. The first-order chi connectivity index (χ1) is 14.1. The third kappa shape index (κ3) is 4.65. The van der Waals surface area contributed by atoms with Crippen molar-refractivity contribution in [2.24, 2.45) is 0 Å². The van der Waals surface area contributed by atoms with Crippen LogP contribution in [0, 0.1) is 6.92 Å². The summed E-state index contributed by atoms with van der Waals surface area (Å²) in [6.45, 7) is 2.03. The highest BCUT2D eigenvalue weighted by Crippen LogP contribution is 2.21. The van der Waals surface area contributed by atoms with Gasteiger partial charge in [0.05, 0.1) is 6.42 Å². The van der Waals surface area contributed by atoms with Crippen molar-refractivity contribution in [3.8, 4) is 0 Å². The molecule has 0 spiro atoms. The fourth-order valence-electron chi connectivity index (χ4n) is 4.04. The van der Waals surface area contributed by atoms with Gasteiger partial charge in [-0.05, 0) is 55.9 Å². The molecule has 1 aromatic carbocycles. The molecule has 0 unspecified atom stereocenters. The molecule has 6 nitrogen and oxygen atoms in total. The van der Waals surface area contributed by atoms with Crippen molar-refractivity contribution in [2.75, 3.05) is 0 Å².